The van der Waals surface area contributed by atoms with Gasteiger partial charge in [-0.05, 0) is 35.0 Å². The largest absolute Gasteiger partial charge is 0.369 e. The molecule has 0 spiro atoms. The van der Waals surface area contributed by atoms with Crippen LogP contribution in [-0.4, -0.2) is 34.0 Å². The summed E-state index contributed by atoms with van der Waals surface area (Å²) in [7, 11) is 0. The quantitative estimate of drug-likeness (QED) is 0.923. The third-order valence-corrected chi connectivity index (χ3v) is 6.10. The number of rotatable bonds is 3. The molecule has 0 aromatic carbocycles. The molecule has 1 fully saturated rings. The Bertz CT molecular complexity index is 354. The molecule has 0 radical (unpaired) electrons. The first-order valence-electron chi connectivity index (χ1n) is 5.32. The molecule has 1 aliphatic heterocycles. The molecule has 1 N–H and O–H groups in total. The molecule has 5 heteroatoms. The van der Waals surface area contributed by atoms with E-state index in [-0.39, 0.29) is 0 Å². The minimum Gasteiger partial charge on any atom is -0.369 e. The van der Waals surface area contributed by atoms with E-state index in [0.717, 1.165) is 27.8 Å². The molecule has 0 bridgehead atoms. The van der Waals surface area contributed by atoms with Crippen molar-refractivity contribution in [2.45, 2.75) is 12.2 Å². The summed E-state index contributed by atoms with van der Waals surface area (Å²) >= 11 is 7.58. The van der Waals surface area contributed by atoms with Gasteiger partial charge in [-0.25, -0.2) is 4.98 Å². The van der Waals surface area contributed by atoms with E-state index in [0.29, 0.717) is 0 Å². The molecule has 1 unspecified atom stereocenters. The molecular formula is C11H15BrN2S2. The van der Waals surface area contributed by atoms with Crippen LogP contribution in [0.1, 0.15) is 5.69 Å². The molecule has 2 nitrogen and oxygen atoms in total. The molecular weight excluding hydrogens is 304 g/mol. The highest BCUT2D eigenvalue weighted by Crippen LogP contribution is 2.24. The minimum atomic E-state index is 0.726. The van der Waals surface area contributed by atoms with Crippen molar-refractivity contribution in [2.75, 3.05) is 29.1 Å². The topological polar surface area (TPSA) is 24.9 Å². The monoisotopic (exact) mass is 318 g/mol. The van der Waals surface area contributed by atoms with Crippen LogP contribution in [0.5, 0.6) is 0 Å². The fourth-order valence-electron chi connectivity index (χ4n) is 1.52. The molecule has 0 aliphatic carbocycles. The van der Waals surface area contributed by atoms with Gasteiger partial charge in [0.1, 0.15) is 5.82 Å². The molecule has 1 atom stereocenters. The van der Waals surface area contributed by atoms with Gasteiger partial charge in [0.15, 0.2) is 0 Å². The van der Waals surface area contributed by atoms with E-state index in [9.17, 15) is 0 Å². The van der Waals surface area contributed by atoms with E-state index in [1.807, 2.05) is 19.1 Å². The van der Waals surface area contributed by atoms with Crippen LogP contribution in [0.2, 0.25) is 0 Å². The van der Waals surface area contributed by atoms with Crippen molar-refractivity contribution in [1.82, 2.24) is 4.98 Å². The highest BCUT2D eigenvalue weighted by Gasteiger charge is 2.13. The van der Waals surface area contributed by atoms with Gasteiger partial charge in [-0.15, -0.1) is 0 Å². The van der Waals surface area contributed by atoms with Crippen molar-refractivity contribution in [3.8, 4) is 0 Å². The summed E-state index contributed by atoms with van der Waals surface area (Å²) < 4.78 is 1.07. The second-order valence-electron chi connectivity index (χ2n) is 3.71. The number of anilines is 1. The number of halogens is 1. The van der Waals surface area contributed by atoms with Crippen LogP contribution >= 0.6 is 39.5 Å². The van der Waals surface area contributed by atoms with Gasteiger partial charge in [0, 0.05) is 33.5 Å². The van der Waals surface area contributed by atoms with Crippen LogP contribution in [0.4, 0.5) is 5.82 Å². The minimum absolute atomic E-state index is 0.726. The highest BCUT2D eigenvalue weighted by atomic mass is 79.9. The summed E-state index contributed by atoms with van der Waals surface area (Å²) in [4.78, 5) is 4.48. The van der Waals surface area contributed by atoms with Crippen molar-refractivity contribution >= 4 is 45.3 Å². The lowest BCUT2D eigenvalue weighted by Crippen LogP contribution is -2.23. The molecule has 16 heavy (non-hydrogen) atoms. The molecule has 2 heterocycles. The summed E-state index contributed by atoms with van der Waals surface area (Å²) in [6.07, 6.45) is 0. The van der Waals surface area contributed by atoms with Gasteiger partial charge in [-0.3, -0.25) is 0 Å². The fourth-order valence-corrected chi connectivity index (χ4v) is 4.35. The zero-order chi connectivity index (χ0) is 11.4. The normalized spacial score (nSPS) is 20.8. The maximum atomic E-state index is 4.48. The Hall–Kier alpha value is 0.130. The maximum absolute atomic E-state index is 4.48. The predicted molar refractivity (Wildman–Crippen MR) is 78.7 cm³/mol. The van der Waals surface area contributed by atoms with Gasteiger partial charge in [-0.2, -0.15) is 23.5 Å². The molecule has 1 aliphatic rings. The van der Waals surface area contributed by atoms with Crippen LogP contribution in [0, 0.1) is 6.92 Å². The van der Waals surface area contributed by atoms with E-state index >= 15 is 0 Å². The molecule has 88 valence electrons. The molecule has 1 saturated heterocycles. The number of nitrogens with one attached hydrogen (secondary N) is 1. The van der Waals surface area contributed by atoms with Crippen LogP contribution < -0.4 is 5.32 Å². The van der Waals surface area contributed by atoms with Gasteiger partial charge in [0.05, 0.1) is 5.69 Å². The van der Waals surface area contributed by atoms with Crippen LogP contribution in [0.25, 0.3) is 0 Å². The van der Waals surface area contributed by atoms with Gasteiger partial charge < -0.3 is 5.32 Å². The first kappa shape index (κ1) is 12.6. The van der Waals surface area contributed by atoms with E-state index in [1.54, 1.807) is 0 Å². The number of nitrogens with zero attached hydrogens (tertiary/aromatic N) is 1. The second kappa shape index (κ2) is 6.17. The molecule has 0 amide bonds. The van der Waals surface area contributed by atoms with Crippen molar-refractivity contribution in [2.24, 2.45) is 0 Å². The number of thioether (sulfide) groups is 2. The third-order valence-electron chi connectivity index (χ3n) is 2.42. The highest BCUT2D eigenvalue weighted by molar-refractivity contribution is 9.10. The Kier molecular flexibility index (Phi) is 4.85. The van der Waals surface area contributed by atoms with Crippen molar-refractivity contribution < 1.29 is 0 Å². The molecule has 1 aromatic heterocycles. The standard InChI is InChI=1S/C11H15BrN2S2/c1-8-10(12)2-3-11(14-8)13-6-9-7-15-4-5-16-9/h2-3,9H,4-7H2,1H3,(H,13,14). The third kappa shape index (κ3) is 3.57. The van der Waals surface area contributed by atoms with Crippen molar-refractivity contribution in [3.05, 3.63) is 22.3 Å². The average Bonchev–Trinajstić information content (AvgIpc) is 2.32. The number of aryl methyl sites for hydroxylation is 1. The summed E-state index contributed by atoms with van der Waals surface area (Å²) in [6, 6.07) is 4.07. The summed E-state index contributed by atoms with van der Waals surface area (Å²) in [5.74, 6) is 4.82. The number of aromatic nitrogens is 1. The summed E-state index contributed by atoms with van der Waals surface area (Å²) in [5, 5.41) is 4.14. The molecule has 0 saturated carbocycles. The van der Waals surface area contributed by atoms with Crippen LogP contribution in [0.3, 0.4) is 0 Å². The van der Waals surface area contributed by atoms with Crippen molar-refractivity contribution in [1.29, 1.82) is 0 Å². The van der Waals surface area contributed by atoms with E-state index < -0.39 is 0 Å². The van der Waals surface area contributed by atoms with Crippen LogP contribution in [-0.2, 0) is 0 Å². The maximum Gasteiger partial charge on any atom is 0.126 e. The van der Waals surface area contributed by atoms with E-state index in [2.05, 4.69) is 49.8 Å². The number of hydrogen-bond donors (Lipinski definition) is 1. The van der Waals surface area contributed by atoms with Gasteiger partial charge in [-0.1, -0.05) is 0 Å². The second-order valence-corrected chi connectivity index (χ2v) is 7.12. The van der Waals surface area contributed by atoms with Crippen molar-refractivity contribution in [3.63, 3.8) is 0 Å². The Balaban J connectivity index is 1.86. The zero-order valence-electron chi connectivity index (χ0n) is 9.20. The fraction of sp³-hybridized carbons (Fsp3) is 0.545. The smallest absolute Gasteiger partial charge is 0.126 e. The van der Waals surface area contributed by atoms with E-state index in [1.165, 1.54) is 17.3 Å². The Labute approximate surface area is 113 Å². The zero-order valence-corrected chi connectivity index (χ0v) is 12.4. The van der Waals surface area contributed by atoms with Crippen LogP contribution in [0.15, 0.2) is 16.6 Å². The SMILES string of the molecule is Cc1nc(NCC2CSCCS2)ccc1Br. The number of hydrogen-bond acceptors (Lipinski definition) is 4. The lowest BCUT2D eigenvalue weighted by Gasteiger charge is -2.21. The molecule has 1 aromatic rings. The van der Waals surface area contributed by atoms with Gasteiger partial charge >= 0.3 is 0 Å². The summed E-state index contributed by atoms with van der Waals surface area (Å²) in [5.41, 5.74) is 1.04. The molecule has 2 rings (SSSR count). The first-order valence-corrected chi connectivity index (χ1v) is 8.32. The van der Waals surface area contributed by atoms with Gasteiger partial charge in [0.2, 0.25) is 0 Å². The number of pyridine rings is 1. The lowest BCUT2D eigenvalue weighted by molar-refractivity contribution is 0.987. The lowest BCUT2D eigenvalue weighted by atomic mass is 10.3. The Morgan fingerprint density at radius 2 is 2.38 bits per heavy atom. The first-order chi connectivity index (χ1) is 7.75. The average molecular weight is 319 g/mol. The summed E-state index contributed by atoms with van der Waals surface area (Å²) in [6.45, 7) is 3.03. The van der Waals surface area contributed by atoms with E-state index in [4.69, 9.17) is 0 Å². The van der Waals surface area contributed by atoms with Gasteiger partial charge in [0.25, 0.3) is 0 Å². The Morgan fingerprint density at radius 3 is 3.06 bits per heavy atom. The Morgan fingerprint density at radius 1 is 1.50 bits per heavy atom. The predicted octanol–water partition coefficient (Wildman–Crippen LogP) is 3.41.